The lowest BCUT2D eigenvalue weighted by Gasteiger charge is -2.05. The second-order valence-electron chi connectivity index (χ2n) is 3.30. The molecule has 2 N–H and O–H groups in total. The molecule has 0 spiro atoms. The third kappa shape index (κ3) is 4.76. The molecule has 0 aliphatic carbocycles. The number of thiocarbonyl (C=S) groups is 1. The lowest BCUT2D eigenvalue weighted by molar-refractivity contribution is 0.0967. The maximum Gasteiger partial charge on any atom is 0.255 e. The summed E-state index contributed by atoms with van der Waals surface area (Å²) in [5.41, 5.74) is 2.60. The molecule has 1 amide bonds. The largest absolute Gasteiger partial charge is 0.359 e. The first-order valence-electron chi connectivity index (χ1n) is 5.33. The van der Waals surface area contributed by atoms with Crippen LogP contribution in [-0.2, 0) is 0 Å². The molecule has 1 aromatic rings. The third-order valence-corrected chi connectivity index (χ3v) is 2.15. The van der Waals surface area contributed by atoms with Crippen LogP contribution in [-0.4, -0.2) is 11.4 Å². The van der Waals surface area contributed by atoms with E-state index in [0.717, 1.165) is 0 Å². The molecule has 0 saturated heterocycles. The summed E-state index contributed by atoms with van der Waals surface area (Å²) in [5, 5.41) is 5.50. The van der Waals surface area contributed by atoms with Gasteiger partial charge in [0.15, 0.2) is 0 Å². The van der Waals surface area contributed by atoms with Crippen molar-refractivity contribution >= 4 is 23.6 Å². The van der Waals surface area contributed by atoms with Crippen LogP contribution in [0.15, 0.2) is 67.0 Å². The molecule has 0 atom stereocenters. The normalized spacial score (nSPS) is 11.0. The van der Waals surface area contributed by atoms with Gasteiger partial charge in [-0.25, -0.2) is 0 Å². The van der Waals surface area contributed by atoms with E-state index < -0.39 is 0 Å². The molecule has 0 radical (unpaired) electrons. The number of carbonyl (C=O) groups excluding carboxylic acids is 1. The van der Waals surface area contributed by atoms with Crippen molar-refractivity contribution in [3.63, 3.8) is 0 Å². The van der Waals surface area contributed by atoms with Gasteiger partial charge in [0.05, 0.1) is 5.49 Å². The van der Waals surface area contributed by atoms with Crippen molar-refractivity contribution in [2.75, 3.05) is 0 Å². The van der Waals surface area contributed by atoms with Crippen LogP contribution in [0.3, 0.4) is 0 Å². The van der Waals surface area contributed by atoms with Gasteiger partial charge in [-0.2, -0.15) is 0 Å². The van der Waals surface area contributed by atoms with Gasteiger partial charge in [0, 0.05) is 17.5 Å². The van der Waals surface area contributed by atoms with Crippen molar-refractivity contribution in [1.29, 1.82) is 0 Å². The van der Waals surface area contributed by atoms with E-state index in [2.05, 4.69) is 29.4 Å². The van der Waals surface area contributed by atoms with Crippen LogP contribution in [0, 0.1) is 0 Å². The Kier molecular flexibility index (Phi) is 6.14. The molecule has 0 unspecified atom stereocenters. The molecule has 0 aliphatic rings. The van der Waals surface area contributed by atoms with Gasteiger partial charge in [0.2, 0.25) is 0 Å². The van der Waals surface area contributed by atoms with E-state index in [0.29, 0.717) is 11.3 Å². The van der Waals surface area contributed by atoms with Gasteiger partial charge in [-0.3, -0.25) is 4.79 Å². The van der Waals surface area contributed by atoms with Crippen molar-refractivity contribution in [1.82, 2.24) is 10.6 Å². The molecule has 0 aromatic heterocycles. The molecular formula is C14H14N2OS. The third-order valence-electron chi connectivity index (χ3n) is 2.02. The van der Waals surface area contributed by atoms with Gasteiger partial charge in [-0.05, 0) is 24.3 Å². The Morgan fingerprint density at radius 1 is 1.28 bits per heavy atom. The summed E-state index contributed by atoms with van der Waals surface area (Å²) in [7, 11) is 0. The average molecular weight is 258 g/mol. The highest BCUT2D eigenvalue weighted by Crippen LogP contribution is 2.01. The first kappa shape index (κ1) is 13.9. The van der Waals surface area contributed by atoms with Gasteiger partial charge in [-0.15, -0.1) is 0 Å². The highest BCUT2D eigenvalue weighted by atomic mass is 32.1. The molecule has 0 aliphatic heterocycles. The van der Waals surface area contributed by atoms with Crippen molar-refractivity contribution < 1.29 is 4.79 Å². The highest BCUT2D eigenvalue weighted by Gasteiger charge is 2.04. The molecule has 0 bridgehead atoms. The number of allylic oxidation sites excluding steroid dienone is 3. The van der Waals surface area contributed by atoms with Crippen molar-refractivity contribution in [3.8, 4) is 0 Å². The zero-order valence-electron chi connectivity index (χ0n) is 9.80. The Morgan fingerprint density at radius 2 is 2.00 bits per heavy atom. The molecular weight excluding hydrogens is 244 g/mol. The van der Waals surface area contributed by atoms with Gasteiger partial charge in [-0.1, -0.05) is 43.1 Å². The van der Waals surface area contributed by atoms with Crippen LogP contribution >= 0.6 is 12.2 Å². The average Bonchev–Trinajstić information content (AvgIpc) is 2.40. The second-order valence-corrected chi connectivity index (χ2v) is 3.53. The number of rotatable bonds is 6. The van der Waals surface area contributed by atoms with E-state index >= 15 is 0 Å². The maximum atomic E-state index is 11.9. The van der Waals surface area contributed by atoms with Crippen molar-refractivity contribution in [3.05, 3.63) is 72.6 Å². The minimum atomic E-state index is -0.171. The van der Waals surface area contributed by atoms with Gasteiger partial charge < -0.3 is 10.6 Å². The molecule has 4 heteroatoms. The second kappa shape index (κ2) is 7.97. The molecule has 0 fully saturated rings. The van der Waals surface area contributed by atoms with E-state index in [-0.39, 0.29) is 5.91 Å². The molecule has 0 heterocycles. The quantitative estimate of drug-likeness (QED) is 0.608. The van der Waals surface area contributed by atoms with Gasteiger partial charge in [0.1, 0.15) is 0 Å². The Labute approximate surface area is 112 Å². The number of carbonyl (C=O) groups is 1. The Morgan fingerprint density at radius 3 is 2.61 bits per heavy atom. The predicted octanol–water partition coefficient (Wildman–Crippen LogP) is 2.55. The molecule has 1 aromatic carbocycles. The SMILES string of the molecule is C=C/C=C(\C=C\NC=S)NC(=O)c1ccccc1. The minimum absolute atomic E-state index is 0.171. The van der Waals surface area contributed by atoms with E-state index in [1.807, 2.05) is 18.2 Å². The van der Waals surface area contributed by atoms with Crippen molar-refractivity contribution in [2.24, 2.45) is 0 Å². The zero-order chi connectivity index (χ0) is 13.2. The zero-order valence-corrected chi connectivity index (χ0v) is 10.6. The monoisotopic (exact) mass is 258 g/mol. The fourth-order valence-corrected chi connectivity index (χ4v) is 1.31. The Balaban J connectivity index is 2.73. The van der Waals surface area contributed by atoms with Crippen molar-refractivity contribution in [2.45, 2.75) is 0 Å². The minimum Gasteiger partial charge on any atom is -0.359 e. The molecule has 92 valence electrons. The summed E-state index contributed by atoms with van der Waals surface area (Å²) >= 11 is 4.62. The smallest absolute Gasteiger partial charge is 0.255 e. The van der Waals surface area contributed by atoms with E-state index in [4.69, 9.17) is 0 Å². The van der Waals surface area contributed by atoms with Crippen LogP contribution in [0.2, 0.25) is 0 Å². The number of amides is 1. The summed E-state index contributed by atoms with van der Waals surface area (Å²) in [6.07, 6.45) is 6.63. The van der Waals surface area contributed by atoms with Crippen LogP contribution in [0.1, 0.15) is 10.4 Å². The molecule has 18 heavy (non-hydrogen) atoms. The first-order chi connectivity index (χ1) is 8.77. The number of benzene rings is 1. The van der Waals surface area contributed by atoms with Gasteiger partial charge in [0.25, 0.3) is 5.91 Å². The number of hydrogen-bond acceptors (Lipinski definition) is 2. The fourth-order valence-electron chi connectivity index (χ4n) is 1.24. The molecule has 1 rings (SSSR count). The van der Waals surface area contributed by atoms with E-state index in [9.17, 15) is 4.79 Å². The summed E-state index contributed by atoms with van der Waals surface area (Å²) < 4.78 is 0. The fraction of sp³-hybridized carbons (Fsp3) is 0. The molecule has 3 nitrogen and oxygen atoms in total. The Hall–Kier alpha value is -2.20. The van der Waals surface area contributed by atoms with Crippen LogP contribution in [0.25, 0.3) is 0 Å². The maximum absolute atomic E-state index is 11.9. The summed E-state index contributed by atoms with van der Waals surface area (Å²) in [6.45, 7) is 3.60. The van der Waals surface area contributed by atoms with Crippen LogP contribution < -0.4 is 10.6 Å². The summed E-state index contributed by atoms with van der Waals surface area (Å²) in [6, 6.07) is 8.99. The van der Waals surface area contributed by atoms with E-state index in [1.165, 1.54) is 5.49 Å². The van der Waals surface area contributed by atoms with Gasteiger partial charge >= 0.3 is 0 Å². The number of hydrogen-bond donors (Lipinski definition) is 2. The summed E-state index contributed by atoms with van der Waals surface area (Å²) in [5.74, 6) is -0.171. The lowest BCUT2D eigenvalue weighted by Crippen LogP contribution is -2.22. The topological polar surface area (TPSA) is 41.1 Å². The van der Waals surface area contributed by atoms with Crippen LogP contribution in [0.4, 0.5) is 0 Å². The molecule has 0 saturated carbocycles. The first-order valence-corrected chi connectivity index (χ1v) is 5.80. The Bertz CT molecular complexity index is 478. The standard InChI is InChI=1S/C14H14N2OS/c1-2-6-13(9-10-15-11-18)16-14(17)12-7-4-3-5-8-12/h2-11H,1H2,(H,15,18)(H,16,17)/b10-9+,13-6+. The van der Waals surface area contributed by atoms with Crippen LogP contribution in [0.5, 0.6) is 0 Å². The summed E-state index contributed by atoms with van der Waals surface area (Å²) in [4.78, 5) is 11.9. The van der Waals surface area contributed by atoms with E-state index in [1.54, 1.807) is 36.6 Å². The predicted molar refractivity (Wildman–Crippen MR) is 78.1 cm³/mol. The lowest BCUT2D eigenvalue weighted by atomic mass is 10.2. The highest BCUT2D eigenvalue weighted by molar-refractivity contribution is 7.78. The number of nitrogens with one attached hydrogen (secondary N) is 2.